The molecular formula is C15H19N3O. The van der Waals surface area contributed by atoms with Crippen LogP contribution in [-0.2, 0) is 6.54 Å². The van der Waals surface area contributed by atoms with Crippen molar-refractivity contribution in [2.75, 3.05) is 0 Å². The molecule has 19 heavy (non-hydrogen) atoms. The van der Waals surface area contributed by atoms with Gasteiger partial charge in [-0.15, -0.1) is 0 Å². The smallest absolute Gasteiger partial charge is 0.258 e. The highest BCUT2D eigenvalue weighted by molar-refractivity contribution is 5.77. The van der Waals surface area contributed by atoms with Crippen molar-refractivity contribution < 1.29 is 0 Å². The molecule has 1 aromatic heterocycles. The number of aromatic nitrogens is 2. The van der Waals surface area contributed by atoms with E-state index in [1.54, 1.807) is 6.07 Å². The fourth-order valence-electron chi connectivity index (χ4n) is 2.43. The standard InChI is InChI=1S/C15H19N3O/c1-10(8-11-6-7-11)16-9-14-17-13-5-3-2-4-12(13)15(19)18-14/h2-5,10-11,16H,6-9H2,1H3,(H,17,18,19). The Morgan fingerprint density at radius 2 is 2.21 bits per heavy atom. The Morgan fingerprint density at radius 3 is 3.00 bits per heavy atom. The minimum absolute atomic E-state index is 0.0581. The summed E-state index contributed by atoms with van der Waals surface area (Å²) in [7, 11) is 0. The third-order valence-corrected chi connectivity index (χ3v) is 3.66. The van der Waals surface area contributed by atoms with Crippen LogP contribution in [0.15, 0.2) is 29.1 Å². The molecule has 0 bridgehead atoms. The minimum atomic E-state index is -0.0581. The molecule has 4 heteroatoms. The van der Waals surface area contributed by atoms with Gasteiger partial charge < -0.3 is 10.3 Å². The first-order chi connectivity index (χ1) is 9.22. The summed E-state index contributed by atoms with van der Waals surface area (Å²) in [6, 6.07) is 7.91. The minimum Gasteiger partial charge on any atom is -0.309 e. The summed E-state index contributed by atoms with van der Waals surface area (Å²) in [5, 5.41) is 4.08. The molecule has 0 radical (unpaired) electrons. The molecule has 2 aromatic rings. The normalized spacial score (nSPS) is 16.7. The molecule has 0 spiro atoms. The zero-order chi connectivity index (χ0) is 13.2. The van der Waals surface area contributed by atoms with E-state index in [0.717, 1.165) is 11.4 Å². The van der Waals surface area contributed by atoms with Gasteiger partial charge in [-0.1, -0.05) is 25.0 Å². The lowest BCUT2D eigenvalue weighted by molar-refractivity contribution is 0.480. The van der Waals surface area contributed by atoms with Crippen molar-refractivity contribution in [3.05, 3.63) is 40.4 Å². The number of fused-ring (bicyclic) bond motifs is 1. The van der Waals surface area contributed by atoms with E-state index in [1.165, 1.54) is 19.3 Å². The average molecular weight is 257 g/mol. The number of hydrogen-bond donors (Lipinski definition) is 2. The van der Waals surface area contributed by atoms with E-state index >= 15 is 0 Å². The third kappa shape index (κ3) is 3.01. The predicted molar refractivity (Wildman–Crippen MR) is 76.0 cm³/mol. The number of aromatic amines is 1. The van der Waals surface area contributed by atoms with Crippen LogP contribution in [0.3, 0.4) is 0 Å². The molecular weight excluding hydrogens is 238 g/mol. The van der Waals surface area contributed by atoms with Crippen LogP contribution >= 0.6 is 0 Å². The van der Waals surface area contributed by atoms with Gasteiger partial charge >= 0.3 is 0 Å². The van der Waals surface area contributed by atoms with E-state index in [1.807, 2.05) is 18.2 Å². The molecule has 1 aromatic carbocycles. The van der Waals surface area contributed by atoms with E-state index in [-0.39, 0.29) is 5.56 Å². The van der Waals surface area contributed by atoms with Gasteiger partial charge in [0.25, 0.3) is 5.56 Å². The largest absolute Gasteiger partial charge is 0.309 e. The van der Waals surface area contributed by atoms with Crippen LogP contribution < -0.4 is 10.9 Å². The van der Waals surface area contributed by atoms with Crippen molar-refractivity contribution in [2.45, 2.75) is 38.8 Å². The molecule has 1 aliphatic rings. The summed E-state index contributed by atoms with van der Waals surface area (Å²) in [5.74, 6) is 1.62. The Bertz CT molecular complexity index is 631. The van der Waals surface area contributed by atoms with Crippen molar-refractivity contribution in [3.8, 4) is 0 Å². The summed E-state index contributed by atoms with van der Waals surface area (Å²) in [4.78, 5) is 19.2. The van der Waals surface area contributed by atoms with E-state index in [0.29, 0.717) is 23.8 Å². The molecule has 4 nitrogen and oxygen atoms in total. The second kappa shape index (κ2) is 5.13. The Morgan fingerprint density at radius 1 is 1.42 bits per heavy atom. The van der Waals surface area contributed by atoms with Crippen LogP contribution in [0.25, 0.3) is 10.9 Å². The highest BCUT2D eigenvalue weighted by atomic mass is 16.1. The molecule has 1 atom stereocenters. The third-order valence-electron chi connectivity index (χ3n) is 3.66. The Hall–Kier alpha value is -1.68. The highest BCUT2D eigenvalue weighted by Crippen LogP contribution is 2.33. The molecule has 1 fully saturated rings. The lowest BCUT2D eigenvalue weighted by Gasteiger charge is -2.12. The summed E-state index contributed by atoms with van der Waals surface area (Å²) >= 11 is 0. The number of nitrogens with zero attached hydrogens (tertiary/aromatic N) is 1. The van der Waals surface area contributed by atoms with Crippen molar-refractivity contribution in [1.29, 1.82) is 0 Å². The van der Waals surface area contributed by atoms with Gasteiger partial charge in [0.15, 0.2) is 0 Å². The summed E-state index contributed by atoms with van der Waals surface area (Å²) in [5.41, 5.74) is 0.704. The van der Waals surface area contributed by atoms with Crippen LogP contribution in [0.2, 0.25) is 0 Å². The second-order valence-corrected chi connectivity index (χ2v) is 5.49. The molecule has 1 saturated carbocycles. The molecule has 100 valence electrons. The first-order valence-electron chi connectivity index (χ1n) is 6.93. The lowest BCUT2D eigenvalue weighted by atomic mass is 10.1. The monoisotopic (exact) mass is 257 g/mol. The van der Waals surface area contributed by atoms with Crippen molar-refractivity contribution >= 4 is 10.9 Å². The average Bonchev–Trinajstić information content (AvgIpc) is 3.20. The Balaban J connectivity index is 1.71. The molecule has 1 heterocycles. The molecule has 0 amide bonds. The maximum absolute atomic E-state index is 11.9. The molecule has 1 unspecified atom stereocenters. The summed E-state index contributed by atoms with van der Waals surface area (Å²) in [6.45, 7) is 2.81. The first kappa shape index (κ1) is 12.4. The van der Waals surface area contributed by atoms with Crippen LogP contribution in [0, 0.1) is 5.92 Å². The number of rotatable bonds is 5. The van der Waals surface area contributed by atoms with Crippen LogP contribution in [-0.4, -0.2) is 16.0 Å². The SMILES string of the molecule is CC(CC1CC1)NCc1nc2ccccc2c(=O)[nH]1. The second-order valence-electron chi connectivity index (χ2n) is 5.49. The quantitative estimate of drug-likeness (QED) is 0.863. The van der Waals surface area contributed by atoms with Crippen molar-refractivity contribution in [1.82, 2.24) is 15.3 Å². The molecule has 3 rings (SSSR count). The van der Waals surface area contributed by atoms with E-state index in [9.17, 15) is 4.79 Å². The van der Waals surface area contributed by atoms with E-state index in [4.69, 9.17) is 0 Å². The van der Waals surface area contributed by atoms with Crippen molar-refractivity contribution in [3.63, 3.8) is 0 Å². The molecule has 2 N–H and O–H groups in total. The maximum Gasteiger partial charge on any atom is 0.258 e. The topological polar surface area (TPSA) is 57.8 Å². The Labute approximate surface area is 112 Å². The van der Waals surface area contributed by atoms with Crippen molar-refractivity contribution in [2.24, 2.45) is 5.92 Å². The van der Waals surface area contributed by atoms with Crippen LogP contribution in [0.1, 0.15) is 32.0 Å². The Kier molecular flexibility index (Phi) is 3.34. The van der Waals surface area contributed by atoms with Gasteiger partial charge in [0.1, 0.15) is 5.82 Å². The van der Waals surface area contributed by atoms with Gasteiger partial charge in [-0.3, -0.25) is 4.79 Å². The maximum atomic E-state index is 11.9. The number of para-hydroxylation sites is 1. The molecule has 0 saturated heterocycles. The van der Waals surface area contributed by atoms with Crippen LogP contribution in [0.5, 0.6) is 0 Å². The van der Waals surface area contributed by atoms with E-state index < -0.39 is 0 Å². The van der Waals surface area contributed by atoms with Gasteiger partial charge in [0.2, 0.25) is 0 Å². The van der Waals surface area contributed by atoms with Gasteiger partial charge in [-0.25, -0.2) is 4.98 Å². The number of benzene rings is 1. The van der Waals surface area contributed by atoms with Crippen LogP contribution in [0.4, 0.5) is 0 Å². The predicted octanol–water partition coefficient (Wildman–Crippen LogP) is 2.20. The first-order valence-corrected chi connectivity index (χ1v) is 6.93. The highest BCUT2D eigenvalue weighted by Gasteiger charge is 2.23. The van der Waals surface area contributed by atoms with E-state index in [2.05, 4.69) is 22.2 Å². The number of nitrogens with one attached hydrogen (secondary N) is 2. The van der Waals surface area contributed by atoms with Gasteiger partial charge in [0.05, 0.1) is 17.4 Å². The molecule has 0 aliphatic heterocycles. The molecule has 1 aliphatic carbocycles. The summed E-state index contributed by atoms with van der Waals surface area (Å²) < 4.78 is 0. The van der Waals surface area contributed by atoms with Gasteiger partial charge in [-0.2, -0.15) is 0 Å². The number of hydrogen-bond acceptors (Lipinski definition) is 3. The fraction of sp³-hybridized carbons (Fsp3) is 0.467. The van der Waals surface area contributed by atoms with Gasteiger partial charge in [0, 0.05) is 6.04 Å². The fourth-order valence-corrected chi connectivity index (χ4v) is 2.43. The summed E-state index contributed by atoms with van der Waals surface area (Å²) in [6.07, 6.45) is 3.96. The lowest BCUT2D eigenvalue weighted by Crippen LogP contribution is -2.28. The van der Waals surface area contributed by atoms with Gasteiger partial charge in [-0.05, 0) is 31.4 Å². The zero-order valence-corrected chi connectivity index (χ0v) is 11.1. The number of H-pyrrole nitrogens is 1. The zero-order valence-electron chi connectivity index (χ0n) is 11.1.